The lowest BCUT2D eigenvalue weighted by molar-refractivity contribution is -0.138. The number of carboxylic acid groups (broad SMARTS) is 1. The Balaban J connectivity index is 1.98. The maximum atomic E-state index is 10.9. The van der Waals surface area contributed by atoms with Crippen molar-refractivity contribution in [1.29, 1.82) is 0 Å². The number of nitrogens with zero attached hydrogens (tertiary/aromatic N) is 2. The molecule has 0 bridgehead atoms. The van der Waals surface area contributed by atoms with E-state index in [9.17, 15) is 4.79 Å². The number of benzene rings is 1. The molecule has 1 saturated carbocycles. The maximum absolute atomic E-state index is 10.9. The Morgan fingerprint density at radius 1 is 1.42 bits per heavy atom. The minimum atomic E-state index is -1.03. The third kappa shape index (κ3) is 2.24. The first-order valence-electron chi connectivity index (χ1n) is 6.29. The Labute approximate surface area is 110 Å². The van der Waals surface area contributed by atoms with Crippen molar-refractivity contribution in [2.24, 2.45) is 5.73 Å². The van der Waals surface area contributed by atoms with E-state index in [0.29, 0.717) is 11.5 Å². The Kier molecular flexibility index (Phi) is 2.83. The van der Waals surface area contributed by atoms with Gasteiger partial charge in [0, 0.05) is 17.8 Å². The molecular weight excluding hydrogens is 242 g/mol. The summed E-state index contributed by atoms with van der Waals surface area (Å²) < 4.78 is 1.87. The highest BCUT2D eigenvalue weighted by Crippen LogP contribution is 2.40. The molecule has 0 spiro atoms. The molecule has 5 nitrogen and oxygen atoms in total. The van der Waals surface area contributed by atoms with Gasteiger partial charge < -0.3 is 10.8 Å². The fraction of sp³-hybridized carbons (Fsp3) is 0.286. The Hall–Kier alpha value is -2.14. The molecule has 1 heterocycles. The quantitative estimate of drug-likeness (QED) is 0.875. The highest BCUT2D eigenvalue weighted by molar-refractivity contribution is 5.75. The van der Waals surface area contributed by atoms with E-state index in [-0.39, 0.29) is 0 Å². The first-order valence-corrected chi connectivity index (χ1v) is 6.29. The molecule has 1 aliphatic carbocycles. The predicted molar refractivity (Wildman–Crippen MR) is 70.1 cm³/mol. The van der Waals surface area contributed by atoms with Crippen molar-refractivity contribution >= 4 is 5.97 Å². The van der Waals surface area contributed by atoms with Crippen LogP contribution in [0.1, 0.15) is 36.1 Å². The van der Waals surface area contributed by atoms with Crippen molar-refractivity contribution in [2.75, 3.05) is 0 Å². The highest BCUT2D eigenvalue weighted by Gasteiger charge is 2.27. The van der Waals surface area contributed by atoms with Crippen LogP contribution >= 0.6 is 0 Å². The van der Waals surface area contributed by atoms with Crippen LogP contribution in [0.2, 0.25) is 0 Å². The van der Waals surface area contributed by atoms with Gasteiger partial charge in [0.2, 0.25) is 0 Å². The van der Waals surface area contributed by atoms with E-state index in [2.05, 4.69) is 5.10 Å². The summed E-state index contributed by atoms with van der Waals surface area (Å²) in [6.45, 7) is 0. The van der Waals surface area contributed by atoms with Gasteiger partial charge in [-0.1, -0.05) is 12.1 Å². The fourth-order valence-corrected chi connectivity index (χ4v) is 2.21. The number of hydrogen-bond donors (Lipinski definition) is 2. The van der Waals surface area contributed by atoms with Crippen LogP contribution in [0.25, 0.3) is 5.69 Å². The van der Waals surface area contributed by atoms with Crippen molar-refractivity contribution in [1.82, 2.24) is 9.78 Å². The van der Waals surface area contributed by atoms with Gasteiger partial charge in [0.25, 0.3) is 0 Å². The maximum Gasteiger partial charge on any atom is 0.325 e. The molecule has 0 amide bonds. The SMILES string of the molecule is NC(C(=O)O)c1cccc(-n2nccc2C2CC2)c1. The average molecular weight is 257 g/mol. The molecule has 0 radical (unpaired) electrons. The summed E-state index contributed by atoms with van der Waals surface area (Å²) in [6, 6.07) is 8.25. The topological polar surface area (TPSA) is 81.1 Å². The van der Waals surface area contributed by atoms with Gasteiger partial charge in [-0.25, -0.2) is 4.68 Å². The van der Waals surface area contributed by atoms with E-state index < -0.39 is 12.0 Å². The van der Waals surface area contributed by atoms with Gasteiger partial charge in [-0.15, -0.1) is 0 Å². The van der Waals surface area contributed by atoms with E-state index in [4.69, 9.17) is 10.8 Å². The molecule has 3 rings (SSSR count). The molecule has 19 heavy (non-hydrogen) atoms. The number of aliphatic carboxylic acids is 1. The van der Waals surface area contributed by atoms with E-state index in [1.807, 2.05) is 22.9 Å². The summed E-state index contributed by atoms with van der Waals surface area (Å²) in [5.74, 6) is -0.445. The van der Waals surface area contributed by atoms with Crippen LogP contribution in [0.3, 0.4) is 0 Å². The van der Waals surface area contributed by atoms with Crippen molar-refractivity contribution in [3.8, 4) is 5.69 Å². The van der Waals surface area contributed by atoms with Crippen LogP contribution in [-0.4, -0.2) is 20.9 Å². The van der Waals surface area contributed by atoms with E-state index in [1.165, 1.54) is 18.5 Å². The smallest absolute Gasteiger partial charge is 0.325 e. The molecule has 0 aliphatic heterocycles. The van der Waals surface area contributed by atoms with Crippen LogP contribution < -0.4 is 5.73 Å². The van der Waals surface area contributed by atoms with Gasteiger partial charge in [0.05, 0.1) is 5.69 Å². The number of hydrogen-bond acceptors (Lipinski definition) is 3. The molecule has 1 aliphatic rings. The molecule has 1 fully saturated rings. The summed E-state index contributed by atoms with van der Waals surface area (Å²) in [4.78, 5) is 10.9. The fourth-order valence-electron chi connectivity index (χ4n) is 2.21. The molecule has 5 heteroatoms. The van der Waals surface area contributed by atoms with Crippen molar-refractivity contribution in [3.63, 3.8) is 0 Å². The zero-order chi connectivity index (χ0) is 13.4. The number of carbonyl (C=O) groups is 1. The van der Waals surface area contributed by atoms with Crippen molar-refractivity contribution in [2.45, 2.75) is 24.8 Å². The predicted octanol–water partition coefficient (Wildman–Crippen LogP) is 1.83. The molecule has 0 saturated heterocycles. The summed E-state index contributed by atoms with van der Waals surface area (Å²) in [6.07, 6.45) is 4.16. The lowest BCUT2D eigenvalue weighted by atomic mass is 10.1. The average Bonchev–Trinajstić information content (AvgIpc) is 3.15. The molecule has 98 valence electrons. The molecule has 1 unspecified atom stereocenters. The molecule has 2 aromatic rings. The normalized spacial score (nSPS) is 16.3. The minimum Gasteiger partial charge on any atom is -0.480 e. The van der Waals surface area contributed by atoms with Crippen LogP contribution in [0.4, 0.5) is 0 Å². The second-order valence-corrected chi connectivity index (χ2v) is 4.85. The van der Waals surface area contributed by atoms with Gasteiger partial charge in [-0.05, 0) is 36.6 Å². The summed E-state index contributed by atoms with van der Waals surface area (Å²) in [5, 5.41) is 13.3. The summed E-state index contributed by atoms with van der Waals surface area (Å²) >= 11 is 0. The van der Waals surface area contributed by atoms with Crippen LogP contribution in [0.5, 0.6) is 0 Å². The van der Waals surface area contributed by atoms with Crippen LogP contribution in [0.15, 0.2) is 36.5 Å². The Morgan fingerprint density at radius 3 is 2.89 bits per heavy atom. The third-order valence-corrected chi connectivity index (χ3v) is 3.41. The second-order valence-electron chi connectivity index (χ2n) is 4.85. The van der Waals surface area contributed by atoms with Crippen molar-refractivity contribution < 1.29 is 9.90 Å². The summed E-state index contributed by atoms with van der Waals surface area (Å²) in [5.41, 5.74) is 8.27. The molecular formula is C14H15N3O2. The number of carboxylic acids is 1. The zero-order valence-corrected chi connectivity index (χ0v) is 10.4. The van der Waals surface area contributed by atoms with Crippen LogP contribution in [-0.2, 0) is 4.79 Å². The lowest BCUT2D eigenvalue weighted by Gasteiger charge is -2.11. The zero-order valence-electron chi connectivity index (χ0n) is 10.4. The molecule has 3 N–H and O–H groups in total. The van der Waals surface area contributed by atoms with Gasteiger partial charge >= 0.3 is 5.97 Å². The van der Waals surface area contributed by atoms with E-state index in [1.54, 1.807) is 18.3 Å². The van der Waals surface area contributed by atoms with E-state index >= 15 is 0 Å². The minimum absolute atomic E-state index is 0.583. The summed E-state index contributed by atoms with van der Waals surface area (Å²) in [7, 11) is 0. The molecule has 1 atom stereocenters. The Morgan fingerprint density at radius 2 is 2.21 bits per heavy atom. The standard InChI is InChI=1S/C14H15N3O2/c15-13(14(18)19)10-2-1-3-11(8-10)17-12(6-7-16-17)9-4-5-9/h1-3,6-9,13H,4-5,15H2,(H,18,19). The molecule has 1 aromatic carbocycles. The van der Waals surface area contributed by atoms with Gasteiger partial charge in [-0.3, -0.25) is 4.79 Å². The van der Waals surface area contributed by atoms with Gasteiger partial charge in [0.15, 0.2) is 0 Å². The van der Waals surface area contributed by atoms with Gasteiger partial charge in [0.1, 0.15) is 6.04 Å². The van der Waals surface area contributed by atoms with Gasteiger partial charge in [-0.2, -0.15) is 5.10 Å². The monoisotopic (exact) mass is 257 g/mol. The molecule has 1 aromatic heterocycles. The van der Waals surface area contributed by atoms with Crippen LogP contribution in [0, 0.1) is 0 Å². The van der Waals surface area contributed by atoms with Crippen molar-refractivity contribution in [3.05, 3.63) is 47.8 Å². The Bertz CT molecular complexity index is 617. The lowest BCUT2D eigenvalue weighted by Crippen LogP contribution is -2.20. The van der Waals surface area contributed by atoms with E-state index in [0.717, 1.165) is 5.69 Å². The number of rotatable bonds is 4. The third-order valence-electron chi connectivity index (χ3n) is 3.41. The first kappa shape index (κ1) is 11.9. The first-order chi connectivity index (χ1) is 9.16. The largest absolute Gasteiger partial charge is 0.480 e. The second kappa shape index (κ2) is 4.51. The number of nitrogens with two attached hydrogens (primary N) is 1. The number of aromatic nitrogens is 2. The highest BCUT2D eigenvalue weighted by atomic mass is 16.4.